The van der Waals surface area contributed by atoms with Crippen molar-refractivity contribution in [3.63, 3.8) is 0 Å². The Kier molecular flexibility index (Phi) is 3.14. The van der Waals surface area contributed by atoms with E-state index in [1.54, 1.807) is 11.9 Å². The van der Waals surface area contributed by atoms with Crippen LogP contribution in [0.3, 0.4) is 0 Å². The third-order valence-corrected chi connectivity index (χ3v) is 3.70. The lowest BCUT2D eigenvalue weighted by Crippen LogP contribution is -2.62. The Balaban J connectivity index is 1.89. The standard InChI is InChI=1S/C11H17N3O4/c1-14-6-3-7(8(14)15)12-10(18)13-11(9(16)17)4-2-5-11/h7H,2-6H2,1H3,(H,16,17)(H2,12,13,18). The summed E-state index contributed by atoms with van der Waals surface area (Å²) in [6, 6.07) is -1.12. The van der Waals surface area contributed by atoms with Crippen LogP contribution in [0.1, 0.15) is 25.7 Å². The van der Waals surface area contributed by atoms with E-state index >= 15 is 0 Å². The fraction of sp³-hybridized carbons (Fsp3) is 0.727. The maximum absolute atomic E-state index is 11.7. The molecule has 3 N–H and O–H groups in total. The maximum Gasteiger partial charge on any atom is 0.329 e. The summed E-state index contributed by atoms with van der Waals surface area (Å²) in [7, 11) is 1.67. The second-order valence-electron chi connectivity index (χ2n) is 4.94. The zero-order valence-corrected chi connectivity index (χ0v) is 10.2. The number of carbonyl (C=O) groups is 3. The molecule has 2 rings (SSSR count). The van der Waals surface area contributed by atoms with E-state index in [1.165, 1.54) is 0 Å². The molecule has 0 aromatic rings. The van der Waals surface area contributed by atoms with Gasteiger partial charge in [-0.1, -0.05) is 0 Å². The third kappa shape index (κ3) is 2.12. The molecule has 18 heavy (non-hydrogen) atoms. The normalized spacial score (nSPS) is 25.5. The van der Waals surface area contributed by atoms with E-state index in [0.717, 1.165) is 6.42 Å². The minimum Gasteiger partial charge on any atom is -0.480 e. The average molecular weight is 255 g/mol. The van der Waals surface area contributed by atoms with E-state index in [0.29, 0.717) is 25.8 Å². The summed E-state index contributed by atoms with van der Waals surface area (Å²) in [6.45, 7) is 0.605. The summed E-state index contributed by atoms with van der Waals surface area (Å²) < 4.78 is 0. The van der Waals surface area contributed by atoms with Crippen molar-refractivity contribution < 1.29 is 19.5 Å². The number of carboxylic acids is 1. The molecular formula is C11H17N3O4. The molecular weight excluding hydrogens is 238 g/mol. The minimum atomic E-state index is -1.14. The number of carboxylic acid groups (broad SMARTS) is 1. The van der Waals surface area contributed by atoms with Crippen LogP contribution >= 0.6 is 0 Å². The van der Waals surface area contributed by atoms with Crippen molar-refractivity contribution >= 4 is 17.9 Å². The van der Waals surface area contributed by atoms with Crippen LogP contribution in [0.15, 0.2) is 0 Å². The number of rotatable bonds is 3. The quantitative estimate of drug-likeness (QED) is 0.634. The van der Waals surface area contributed by atoms with Gasteiger partial charge < -0.3 is 20.6 Å². The first-order valence-electron chi connectivity index (χ1n) is 6.02. The van der Waals surface area contributed by atoms with E-state index in [-0.39, 0.29) is 5.91 Å². The highest BCUT2D eigenvalue weighted by Crippen LogP contribution is 2.31. The van der Waals surface area contributed by atoms with Gasteiger partial charge in [0.2, 0.25) is 5.91 Å². The Morgan fingerprint density at radius 2 is 2.11 bits per heavy atom. The van der Waals surface area contributed by atoms with Crippen molar-refractivity contribution in [1.29, 1.82) is 0 Å². The number of amides is 3. The second kappa shape index (κ2) is 4.47. The summed E-state index contributed by atoms with van der Waals surface area (Å²) in [5.41, 5.74) is -1.14. The summed E-state index contributed by atoms with van der Waals surface area (Å²) in [4.78, 5) is 35.9. The minimum absolute atomic E-state index is 0.136. The predicted molar refractivity (Wildman–Crippen MR) is 61.9 cm³/mol. The van der Waals surface area contributed by atoms with E-state index in [1.807, 2.05) is 0 Å². The molecule has 0 spiro atoms. The van der Waals surface area contributed by atoms with Gasteiger partial charge in [0, 0.05) is 13.6 Å². The van der Waals surface area contributed by atoms with Crippen LogP contribution in [0.2, 0.25) is 0 Å². The zero-order chi connectivity index (χ0) is 13.3. The second-order valence-corrected chi connectivity index (χ2v) is 4.94. The van der Waals surface area contributed by atoms with Crippen LogP contribution in [0.25, 0.3) is 0 Å². The van der Waals surface area contributed by atoms with E-state index < -0.39 is 23.6 Å². The van der Waals surface area contributed by atoms with Crippen molar-refractivity contribution in [1.82, 2.24) is 15.5 Å². The highest BCUT2D eigenvalue weighted by atomic mass is 16.4. The lowest BCUT2D eigenvalue weighted by molar-refractivity contribution is -0.148. The van der Waals surface area contributed by atoms with Gasteiger partial charge in [-0.2, -0.15) is 0 Å². The molecule has 1 atom stereocenters. The summed E-state index contributed by atoms with van der Waals surface area (Å²) in [5, 5.41) is 14.1. The molecule has 0 aromatic heterocycles. The number of urea groups is 1. The highest BCUT2D eigenvalue weighted by molar-refractivity contribution is 5.91. The van der Waals surface area contributed by atoms with Crippen molar-refractivity contribution in [2.45, 2.75) is 37.3 Å². The van der Waals surface area contributed by atoms with Gasteiger partial charge in [0.05, 0.1) is 0 Å². The fourth-order valence-electron chi connectivity index (χ4n) is 2.29. The summed E-state index contributed by atoms with van der Waals surface area (Å²) in [6.07, 6.45) is 2.23. The predicted octanol–water partition coefficient (Wildman–Crippen LogP) is -0.476. The van der Waals surface area contributed by atoms with Gasteiger partial charge in [-0.3, -0.25) is 4.79 Å². The Labute approximate surface area is 105 Å². The van der Waals surface area contributed by atoms with Gasteiger partial charge in [-0.25, -0.2) is 9.59 Å². The monoisotopic (exact) mass is 255 g/mol. The van der Waals surface area contributed by atoms with Gasteiger partial charge in [-0.05, 0) is 25.7 Å². The Morgan fingerprint density at radius 3 is 2.50 bits per heavy atom. The van der Waals surface area contributed by atoms with Crippen LogP contribution in [0, 0.1) is 0 Å². The topological polar surface area (TPSA) is 98.7 Å². The van der Waals surface area contributed by atoms with Gasteiger partial charge in [-0.15, -0.1) is 0 Å². The smallest absolute Gasteiger partial charge is 0.329 e. The Hall–Kier alpha value is -1.79. The first kappa shape index (κ1) is 12.7. The molecule has 1 saturated carbocycles. The first-order valence-corrected chi connectivity index (χ1v) is 6.02. The van der Waals surface area contributed by atoms with Crippen molar-refractivity contribution in [3.05, 3.63) is 0 Å². The fourth-order valence-corrected chi connectivity index (χ4v) is 2.29. The maximum atomic E-state index is 11.7. The molecule has 0 bridgehead atoms. The van der Waals surface area contributed by atoms with Gasteiger partial charge in [0.1, 0.15) is 11.6 Å². The van der Waals surface area contributed by atoms with Crippen molar-refractivity contribution in [2.75, 3.05) is 13.6 Å². The molecule has 100 valence electrons. The lowest BCUT2D eigenvalue weighted by Gasteiger charge is -2.38. The molecule has 0 radical (unpaired) electrons. The van der Waals surface area contributed by atoms with E-state index in [2.05, 4.69) is 10.6 Å². The molecule has 3 amide bonds. The number of carbonyl (C=O) groups excluding carboxylic acids is 2. The molecule has 7 heteroatoms. The first-order chi connectivity index (χ1) is 8.44. The van der Waals surface area contributed by atoms with Crippen molar-refractivity contribution in [2.24, 2.45) is 0 Å². The van der Waals surface area contributed by atoms with Crippen LogP contribution < -0.4 is 10.6 Å². The molecule has 1 unspecified atom stereocenters. The van der Waals surface area contributed by atoms with Crippen LogP contribution in [0.5, 0.6) is 0 Å². The number of likely N-dealkylation sites (tertiary alicyclic amines) is 1. The SMILES string of the molecule is CN1CCC(NC(=O)NC2(C(=O)O)CCC2)C1=O. The zero-order valence-electron chi connectivity index (χ0n) is 10.2. The van der Waals surface area contributed by atoms with E-state index in [4.69, 9.17) is 5.11 Å². The number of hydrogen-bond acceptors (Lipinski definition) is 3. The third-order valence-electron chi connectivity index (χ3n) is 3.70. The highest BCUT2D eigenvalue weighted by Gasteiger charge is 2.46. The molecule has 1 heterocycles. The molecule has 1 saturated heterocycles. The van der Waals surface area contributed by atoms with Gasteiger partial charge in [0.25, 0.3) is 0 Å². The van der Waals surface area contributed by atoms with E-state index in [9.17, 15) is 14.4 Å². The number of nitrogens with zero attached hydrogens (tertiary/aromatic N) is 1. The number of aliphatic carboxylic acids is 1. The Bertz CT molecular complexity index is 392. The molecule has 2 fully saturated rings. The van der Waals surface area contributed by atoms with Crippen molar-refractivity contribution in [3.8, 4) is 0 Å². The van der Waals surface area contributed by atoms with Gasteiger partial charge in [0.15, 0.2) is 0 Å². The molecule has 7 nitrogen and oxygen atoms in total. The number of nitrogens with one attached hydrogen (secondary N) is 2. The van der Waals surface area contributed by atoms with Gasteiger partial charge >= 0.3 is 12.0 Å². The average Bonchev–Trinajstić information content (AvgIpc) is 2.55. The summed E-state index contributed by atoms with van der Waals surface area (Å²) in [5.74, 6) is -1.15. The van der Waals surface area contributed by atoms with Crippen LogP contribution in [0.4, 0.5) is 4.79 Å². The van der Waals surface area contributed by atoms with Crippen LogP contribution in [-0.4, -0.2) is 53.1 Å². The summed E-state index contributed by atoms with van der Waals surface area (Å²) >= 11 is 0. The number of hydrogen-bond donors (Lipinski definition) is 3. The lowest BCUT2D eigenvalue weighted by atomic mass is 9.77. The number of likely N-dealkylation sites (N-methyl/N-ethyl adjacent to an activating group) is 1. The molecule has 1 aliphatic heterocycles. The molecule has 0 aromatic carbocycles. The molecule has 2 aliphatic rings. The van der Waals surface area contributed by atoms with Crippen LogP contribution in [-0.2, 0) is 9.59 Å². The Morgan fingerprint density at radius 1 is 1.44 bits per heavy atom. The molecule has 1 aliphatic carbocycles. The largest absolute Gasteiger partial charge is 0.480 e.